The molecular weight excluding hydrogens is 364 g/mol. The van der Waals surface area contributed by atoms with Gasteiger partial charge in [-0.3, -0.25) is 4.79 Å². The Morgan fingerprint density at radius 2 is 1.88 bits per heavy atom. The first kappa shape index (κ1) is 20.2. The van der Waals surface area contributed by atoms with Crippen LogP contribution in [0.5, 0.6) is 0 Å². The second kappa shape index (κ2) is 9.52. The van der Waals surface area contributed by atoms with Crippen molar-refractivity contribution in [3.8, 4) is 0 Å². The quantitative estimate of drug-likeness (QED) is 0.694. The Hall–Kier alpha value is -1.15. The molecule has 1 saturated carbocycles. The zero-order valence-corrected chi connectivity index (χ0v) is 16.0. The molecule has 25 heavy (non-hydrogen) atoms. The lowest BCUT2D eigenvalue weighted by Gasteiger charge is -2.33. The number of hydrogen-bond donors (Lipinski definition) is 1. The maximum absolute atomic E-state index is 13.1. The molecule has 0 atom stereocenters. The van der Waals surface area contributed by atoms with Crippen LogP contribution in [-0.2, 0) is 19.6 Å². The largest absolute Gasteiger partial charge is 0.383 e. The van der Waals surface area contributed by atoms with Gasteiger partial charge in [-0.25, -0.2) is 8.42 Å². The van der Waals surface area contributed by atoms with Gasteiger partial charge in [-0.05, 0) is 37.1 Å². The van der Waals surface area contributed by atoms with Crippen molar-refractivity contribution in [1.82, 2.24) is 9.62 Å². The Balaban J connectivity index is 2.20. The van der Waals surface area contributed by atoms with Crippen molar-refractivity contribution >= 4 is 27.5 Å². The topological polar surface area (TPSA) is 75.7 Å². The van der Waals surface area contributed by atoms with E-state index < -0.39 is 10.0 Å². The van der Waals surface area contributed by atoms with E-state index in [-0.39, 0.29) is 23.4 Å². The van der Waals surface area contributed by atoms with Gasteiger partial charge in [-0.1, -0.05) is 30.9 Å². The minimum atomic E-state index is -3.76. The van der Waals surface area contributed by atoms with Gasteiger partial charge in [-0.2, -0.15) is 4.31 Å². The van der Waals surface area contributed by atoms with Gasteiger partial charge in [-0.15, -0.1) is 0 Å². The smallest absolute Gasteiger partial charge is 0.243 e. The van der Waals surface area contributed by atoms with Gasteiger partial charge in [0.05, 0.1) is 18.0 Å². The zero-order chi connectivity index (χ0) is 18.3. The molecule has 0 saturated heterocycles. The lowest BCUT2D eigenvalue weighted by atomic mass is 9.95. The third-order valence-corrected chi connectivity index (χ3v) is 6.49. The number of methoxy groups -OCH3 is 1. The Kier molecular flexibility index (Phi) is 7.68. The predicted octanol–water partition coefficient (Wildman–Crippen LogP) is 2.43. The molecule has 1 aliphatic rings. The van der Waals surface area contributed by atoms with Crippen LogP contribution in [0.4, 0.5) is 0 Å². The van der Waals surface area contributed by atoms with E-state index in [4.69, 9.17) is 16.3 Å². The summed E-state index contributed by atoms with van der Waals surface area (Å²) in [5.41, 5.74) is 0. The Labute approximate surface area is 154 Å². The SMILES string of the molecule is COCCNC(=O)CN(C1CCCCC1)S(=O)(=O)c1ccc(Cl)cc1. The minimum Gasteiger partial charge on any atom is -0.383 e. The fraction of sp³-hybridized carbons (Fsp3) is 0.588. The average Bonchev–Trinajstić information content (AvgIpc) is 2.61. The molecule has 1 fully saturated rings. The number of benzene rings is 1. The van der Waals surface area contributed by atoms with Crippen molar-refractivity contribution in [2.45, 2.75) is 43.0 Å². The van der Waals surface area contributed by atoms with Crippen LogP contribution in [-0.4, -0.2) is 51.5 Å². The lowest BCUT2D eigenvalue weighted by Crippen LogP contribution is -2.47. The summed E-state index contributed by atoms with van der Waals surface area (Å²) in [6, 6.07) is 5.91. The molecule has 2 rings (SSSR count). The molecule has 1 aliphatic carbocycles. The number of carbonyl (C=O) groups excluding carboxylic acids is 1. The number of nitrogens with zero attached hydrogens (tertiary/aromatic N) is 1. The number of ether oxygens (including phenoxy) is 1. The summed E-state index contributed by atoms with van der Waals surface area (Å²) in [5.74, 6) is -0.319. The van der Waals surface area contributed by atoms with E-state index >= 15 is 0 Å². The fourth-order valence-electron chi connectivity index (χ4n) is 3.01. The van der Waals surface area contributed by atoms with E-state index in [2.05, 4.69) is 5.32 Å². The maximum atomic E-state index is 13.1. The maximum Gasteiger partial charge on any atom is 0.243 e. The van der Waals surface area contributed by atoms with E-state index in [1.54, 1.807) is 19.2 Å². The first-order valence-electron chi connectivity index (χ1n) is 8.48. The summed E-state index contributed by atoms with van der Waals surface area (Å²) < 4.78 is 32.4. The molecule has 0 aromatic heterocycles. The second-order valence-electron chi connectivity index (χ2n) is 6.14. The van der Waals surface area contributed by atoms with Gasteiger partial charge in [0.15, 0.2) is 0 Å². The third kappa shape index (κ3) is 5.67. The van der Waals surface area contributed by atoms with Crippen LogP contribution in [0.1, 0.15) is 32.1 Å². The van der Waals surface area contributed by atoms with Crippen molar-refractivity contribution in [1.29, 1.82) is 0 Å². The Morgan fingerprint density at radius 1 is 1.24 bits per heavy atom. The summed E-state index contributed by atoms with van der Waals surface area (Å²) in [6.07, 6.45) is 4.60. The van der Waals surface area contributed by atoms with Gasteiger partial charge in [0.25, 0.3) is 0 Å². The van der Waals surface area contributed by atoms with Crippen molar-refractivity contribution < 1.29 is 17.9 Å². The third-order valence-electron chi connectivity index (χ3n) is 4.33. The first-order valence-corrected chi connectivity index (χ1v) is 10.3. The van der Waals surface area contributed by atoms with Gasteiger partial charge >= 0.3 is 0 Å². The zero-order valence-electron chi connectivity index (χ0n) is 14.4. The Bertz CT molecular complexity index is 658. The van der Waals surface area contributed by atoms with Crippen LogP contribution in [0.3, 0.4) is 0 Å². The Morgan fingerprint density at radius 3 is 2.48 bits per heavy atom. The van der Waals surface area contributed by atoms with Crippen molar-refractivity contribution in [3.63, 3.8) is 0 Å². The van der Waals surface area contributed by atoms with Crippen LogP contribution >= 0.6 is 11.6 Å². The molecule has 140 valence electrons. The van der Waals surface area contributed by atoms with Crippen LogP contribution in [0, 0.1) is 0 Å². The first-order chi connectivity index (χ1) is 11.9. The number of nitrogens with one attached hydrogen (secondary N) is 1. The van der Waals surface area contributed by atoms with Gasteiger partial charge in [0, 0.05) is 24.7 Å². The van der Waals surface area contributed by atoms with E-state index in [0.717, 1.165) is 32.1 Å². The molecule has 0 unspecified atom stereocenters. The van der Waals surface area contributed by atoms with Gasteiger partial charge in [0.2, 0.25) is 15.9 Å². The normalized spacial score (nSPS) is 16.1. The van der Waals surface area contributed by atoms with Crippen LogP contribution in [0.25, 0.3) is 0 Å². The average molecular weight is 389 g/mol. The predicted molar refractivity (Wildman–Crippen MR) is 97.1 cm³/mol. The second-order valence-corrected chi connectivity index (χ2v) is 8.47. The fourth-order valence-corrected chi connectivity index (χ4v) is 4.78. The molecule has 1 N–H and O–H groups in total. The summed E-state index contributed by atoms with van der Waals surface area (Å²) in [5, 5.41) is 3.17. The van der Waals surface area contributed by atoms with E-state index in [0.29, 0.717) is 18.2 Å². The van der Waals surface area contributed by atoms with Crippen molar-refractivity contribution in [3.05, 3.63) is 29.3 Å². The molecule has 8 heteroatoms. The highest BCUT2D eigenvalue weighted by Crippen LogP contribution is 2.28. The molecule has 0 heterocycles. The summed E-state index contributed by atoms with van der Waals surface area (Å²) >= 11 is 5.86. The van der Waals surface area contributed by atoms with Crippen LogP contribution in [0.15, 0.2) is 29.2 Å². The van der Waals surface area contributed by atoms with E-state index in [1.807, 2.05) is 0 Å². The number of hydrogen-bond acceptors (Lipinski definition) is 4. The number of rotatable bonds is 8. The molecule has 1 aromatic rings. The monoisotopic (exact) mass is 388 g/mol. The van der Waals surface area contributed by atoms with Crippen LogP contribution in [0.2, 0.25) is 5.02 Å². The number of carbonyl (C=O) groups is 1. The highest BCUT2D eigenvalue weighted by Gasteiger charge is 2.33. The lowest BCUT2D eigenvalue weighted by molar-refractivity contribution is -0.121. The highest BCUT2D eigenvalue weighted by atomic mass is 35.5. The van der Waals surface area contributed by atoms with Gasteiger partial charge < -0.3 is 10.1 Å². The molecule has 1 aromatic carbocycles. The summed E-state index contributed by atoms with van der Waals surface area (Å²) in [7, 11) is -2.21. The molecule has 0 spiro atoms. The minimum absolute atomic E-state index is 0.150. The standard InChI is InChI=1S/C17H25ClN2O4S/c1-24-12-11-19-17(21)13-20(15-5-3-2-4-6-15)25(22,23)16-9-7-14(18)8-10-16/h7-10,15H,2-6,11-13H2,1H3,(H,19,21). The van der Waals surface area contributed by atoms with Crippen LogP contribution < -0.4 is 5.32 Å². The van der Waals surface area contributed by atoms with E-state index in [1.165, 1.54) is 16.4 Å². The molecule has 1 amide bonds. The molecule has 0 bridgehead atoms. The number of halogens is 1. The van der Waals surface area contributed by atoms with E-state index in [9.17, 15) is 13.2 Å². The number of sulfonamides is 1. The summed E-state index contributed by atoms with van der Waals surface area (Å²) in [6.45, 7) is 0.563. The van der Waals surface area contributed by atoms with Crippen molar-refractivity contribution in [2.75, 3.05) is 26.8 Å². The molecule has 0 aliphatic heterocycles. The molecular formula is C17H25ClN2O4S. The highest BCUT2D eigenvalue weighted by molar-refractivity contribution is 7.89. The molecule has 6 nitrogen and oxygen atoms in total. The summed E-state index contributed by atoms with van der Waals surface area (Å²) in [4.78, 5) is 12.4. The van der Waals surface area contributed by atoms with Crippen molar-refractivity contribution in [2.24, 2.45) is 0 Å². The number of amides is 1. The van der Waals surface area contributed by atoms with Gasteiger partial charge in [0.1, 0.15) is 0 Å². The molecule has 0 radical (unpaired) electrons.